The van der Waals surface area contributed by atoms with Crippen molar-refractivity contribution in [3.63, 3.8) is 0 Å². The van der Waals surface area contributed by atoms with Gasteiger partial charge in [-0.2, -0.15) is 0 Å². The molecule has 2 aliphatic heterocycles. The van der Waals surface area contributed by atoms with Gasteiger partial charge in [0.2, 0.25) is 0 Å². The Bertz CT molecular complexity index is 801. The van der Waals surface area contributed by atoms with E-state index in [1.807, 2.05) is 0 Å². The van der Waals surface area contributed by atoms with Gasteiger partial charge in [-0.3, -0.25) is 4.99 Å². The number of anilines is 1. The number of hydrogen-bond donors (Lipinski definition) is 2. The van der Waals surface area contributed by atoms with E-state index in [-0.39, 0.29) is 5.41 Å². The zero-order valence-corrected chi connectivity index (χ0v) is 16.5. The van der Waals surface area contributed by atoms with Crippen molar-refractivity contribution in [1.82, 2.24) is 10.2 Å². The summed E-state index contributed by atoms with van der Waals surface area (Å²) in [5.74, 6) is 1.18. The molecule has 0 amide bonds. The van der Waals surface area contributed by atoms with E-state index in [1.54, 1.807) is 0 Å². The van der Waals surface area contributed by atoms with Crippen molar-refractivity contribution in [1.29, 1.82) is 0 Å². The van der Waals surface area contributed by atoms with Crippen LogP contribution in [0.25, 0.3) is 0 Å². The number of benzene rings is 2. The molecule has 0 atom stereocenters. The number of aliphatic imine (C=N–C) groups is 1. The maximum atomic E-state index is 5.09. The van der Waals surface area contributed by atoms with Gasteiger partial charge in [-0.15, -0.1) is 0 Å². The van der Waals surface area contributed by atoms with Crippen molar-refractivity contribution < 1.29 is 0 Å². The first kappa shape index (κ1) is 18.2. The Morgan fingerprint density at radius 1 is 0.963 bits per heavy atom. The Morgan fingerprint density at radius 2 is 1.67 bits per heavy atom. The number of piperidine rings is 1. The Kier molecular flexibility index (Phi) is 5.28. The summed E-state index contributed by atoms with van der Waals surface area (Å²) in [6, 6.07) is 17.6. The zero-order valence-electron chi connectivity index (χ0n) is 16.5. The number of para-hydroxylation sites is 1. The fraction of sp³-hybridized carbons (Fsp3) is 0.435. The van der Waals surface area contributed by atoms with E-state index in [1.165, 1.54) is 28.2 Å². The van der Waals surface area contributed by atoms with Crippen LogP contribution < -0.4 is 10.6 Å². The Balaban J connectivity index is 1.56. The standard InChI is InChI=1S/C23H30N4/c1-27(2)17-19-9-7-18(8-10-19)16-25-22-23(11-13-24-14-12-23)15-20-5-3-4-6-21(20)26-22/h3-10,24H,11-17H2,1-2H3,(H,25,26). The van der Waals surface area contributed by atoms with Gasteiger partial charge in [0.05, 0.1) is 6.54 Å². The predicted molar refractivity (Wildman–Crippen MR) is 113 cm³/mol. The molecule has 0 bridgehead atoms. The van der Waals surface area contributed by atoms with Crippen molar-refractivity contribution in [3.8, 4) is 0 Å². The summed E-state index contributed by atoms with van der Waals surface area (Å²) in [7, 11) is 4.20. The highest BCUT2D eigenvalue weighted by Crippen LogP contribution is 2.40. The minimum absolute atomic E-state index is 0.157. The second-order valence-electron chi connectivity index (χ2n) is 8.21. The molecule has 2 N–H and O–H groups in total. The molecule has 2 aromatic carbocycles. The molecule has 1 saturated heterocycles. The van der Waals surface area contributed by atoms with E-state index in [0.717, 1.165) is 45.4 Å². The first-order chi connectivity index (χ1) is 13.1. The maximum absolute atomic E-state index is 5.09. The molecule has 2 aliphatic rings. The molecule has 4 nitrogen and oxygen atoms in total. The monoisotopic (exact) mass is 362 g/mol. The number of rotatable bonds is 4. The summed E-state index contributed by atoms with van der Waals surface area (Å²) < 4.78 is 0. The number of hydrogen-bond acceptors (Lipinski definition) is 3. The van der Waals surface area contributed by atoms with Crippen LogP contribution in [0.3, 0.4) is 0 Å². The summed E-state index contributed by atoms with van der Waals surface area (Å²) >= 11 is 0. The van der Waals surface area contributed by atoms with Crippen molar-refractivity contribution in [3.05, 3.63) is 65.2 Å². The summed E-state index contributed by atoms with van der Waals surface area (Å²) in [6.45, 7) is 3.86. The van der Waals surface area contributed by atoms with Crippen LogP contribution >= 0.6 is 0 Å². The normalized spacial score (nSPS) is 19.9. The lowest BCUT2D eigenvalue weighted by Gasteiger charge is -2.42. The molecular weight excluding hydrogens is 332 g/mol. The van der Waals surface area contributed by atoms with Crippen LogP contribution in [0.15, 0.2) is 53.5 Å². The quantitative estimate of drug-likeness (QED) is 0.871. The van der Waals surface area contributed by atoms with Crippen LogP contribution in [0, 0.1) is 5.41 Å². The van der Waals surface area contributed by atoms with Crippen molar-refractivity contribution in [2.75, 3.05) is 32.5 Å². The third-order valence-electron chi connectivity index (χ3n) is 5.80. The summed E-state index contributed by atoms with van der Waals surface area (Å²) in [4.78, 5) is 7.28. The lowest BCUT2D eigenvalue weighted by atomic mass is 9.71. The summed E-state index contributed by atoms with van der Waals surface area (Å²) in [5.41, 5.74) is 5.42. The van der Waals surface area contributed by atoms with E-state index < -0.39 is 0 Å². The van der Waals surface area contributed by atoms with Crippen molar-refractivity contribution >= 4 is 11.5 Å². The van der Waals surface area contributed by atoms with E-state index in [9.17, 15) is 0 Å². The summed E-state index contributed by atoms with van der Waals surface area (Å²) in [5, 5.41) is 7.19. The molecule has 0 radical (unpaired) electrons. The molecule has 0 unspecified atom stereocenters. The summed E-state index contributed by atoms with van der Waals surface area (Å²) in [6.07, 6.45) is 3.39. The SMILES string of the molecule is CN(C)Cc1ccc(CN=C2Nc3ccccc3CC23CCNCC3)cc1. The number of amidine groups is 1. The molecule has 2 aromatic rings. The van der Waals surface area contributed by atoms with Crippen LogP contribution in [-0.2, 0) is 19.5 Å². The second-order valence-corrected chi connectivity index (χ2v) is 8.21. The number of fused-ring (bicyclic) bond motifs is 1. The highest BCUT2D eigenvalue weighted by molar-refractivity contribution is 6.02. The van der Waals surface area contributed by atoms with Crippen LogP contribution in [-0.4, -0.2) is 37.9 Å². The average molecular weight is 363 g/mol. The van der Waals surface area contributed by atoms with Gasteiger partial charge in [0.25, 0.3) is 0 Å². The van der Waals surface area contributed by atoms with Gasteiger partial charge in [0, 0.05) is 17.6 Å². The average Bonchev–Trinajstić information content (AvgIpc) is 2.68. The van der Waals surface area contributed by atoms with Gasteiger partial charge >= 0.3 is 0 Å². The van der Waals surface area contributed by atoms with Crippen molar-refractivity contribution in [2.24, 2.45) is 10.4 Å². The minimum atomic E-state index is 0.157. The second kappa shape index (κ2) is 7.83. The first-order valence-corrected chi connectivity index (χ1v) is 9.98. The fourth-order valence-corrected chi connectivity index (χ4v) is 4.32. The van der Waals surface area contributed by atoms with Gasteiger partial charge in [0.15, 0.2) is 0 Å². The third-order valence-corrected chi connectivity index (χ3v) is 5.80. The molecule has 0 aliphatic carbocycles. The molecule has 1 spiro atoms. The third kappa shape index (κ3) is 4.07. The molecule has 1 fully saturated rings. The van der Waals surface area contributed by atoms with Gasteiger partial charge in [-0.25, -0.2) is 0 Å². The Morgan fingerprint density at radius 3 is 2.41 bits per heavy atom. The molecule has 4 heteroatoms. The number of nitrogens with one attached hydrogen (secondary N) is 2. The topological polar surface area (TPSA) is 39.7 Å². The predicted octanol–water partition coefficient (Wildman–Crippen LogP) is 3.68. The highest BCUT2D eigenvalue weighted by Gasteiger charge is 2.40. The minimum Gasteiger partial charge on any atom is -0.343 e. The maximum Gasteiger partial charge on any atom is 0.108 e. The first-order valence-electron chi connectivity index (χ1n) is 9.98. The molecule has 4 rings (SSSR count). The van der Waals surface area contributed by atoms with Crippen LogP contribution in [0.2, 0.25) is 0 Å². The van der Waals surface area contributed by atoms with E-state index in [2.05, 4.69) is 78.2 Å². The molecule has 27 heavy (non-hydrogen) atoms. The van der Waals surface area contributed by atoms with Crippen LogP contribution in [0.5, 0.6) is 0 Å². The highest BCUT2D eigenvalue weighted by atomic mass is 15.1. The number of nitrogens with zero attached hydrogens (tertiary/aromatic N) is 2. The van der Waals surface area contributed by atoms with Crippen molar-refractivity contribution in [2.45, 2.75) is 32.4 Å². The molecular formula is C23H30N4. The fourth-order valence-electron chi connectivity index (χ4n) is 4.32. The Labute approximate surface area is 162 Å². The lowest BCUT2D eigenvalue weighted by molar-refractivity contribution is 0.293. The van der Waals surface area contributed by atoms with Crippen LogP contribution in [0.1, 0.15) is 29.5 Å². The van der Waals surface area contributed by atoms with Gasteiger partial charge in [-0.1, -0.05) is 42.5 Å². The van der Waals surface area contributed by atoms with Gasteiger partial charge in [0.1, 0.15) is 5.84 Å². The zero-order chi connectivity index (χ0) is 18.7. The molecule has 2 heterocycles. The van der Waals surface area contributed by atoms with E-state index >= 15 is 0 Å². The molecule has 142 valence electrons. The molecule has 0 aromatic heterocycles. The van der Waals surface area contributed by atoms with Crippen LogP contribution in [0.4, 0.5) is 5.69 Å². The van der Waals surface area contributed by atoms with E-state index in [0.29, 0.717) is 0 Å². The Hall–Kier alpha value is -2.17. The smallest absolute Gasteiger partial charge is 0.108 e. The van der Waals surface area contributed by atoms with Gasteiger partial charge < -0.3 is 15.5 Å². The van der Waals surface area contributed by atoms with E-state index in [4.69, 9.17) is 4.99 Å². The largest absolute Gasteiger partial charge is 0.343 e. The lowest BCUT2D eigenvalue weighted by Crippen LogP contribution is -2.48. The van der Waals surface area contributed by atoms with Gasteiger partial charge in [-0.05, 0) is 69.2 Å². The molecule has 0 saturated carbocycles.